The van der Waals surface area contributed by atoms with Crippen LogP contribution >= 0.6 is 11.8 Å². The average Bonchev–Trinajstić information content (AvgIpc) is 3.25. The minimum Gasteiger partial charge on any atom is -0.349 e. The lowest BCUT2D eigenvalue weighted by atomic mass is 9.95. The van der Waals surface area contributed by atoms with E-state index in [2.05, 4.69) is 10.3 Å². The predicted octanol–water partition coefficient (Wildman–Crippen LogP) is 6.85. The van der Waals surface area contributed by atoms with Gasteiger partial charge < -0.3 is 9.88 Å². The number of rotatable bonds is 7. The number of hydrogen-bond donors (Lipinski definition) is 1. The van der Waals surface area contributed by atoms with Crippen LogP contribution in [-0.2, 0) is 18.5 Å². The zero-order chi connectivity index (χ0) is 25.8. The zero-order valence-electron chi connectivity index (χ0n) is 20.2. The first-order valence-corrected chi connectivity index (χ1v) is 13.3. The fraction of sp³-hybridized carbons (Fsp3) is 0.321. The number of halogens is 3. The van der Waals surface area contributed by atoms with Gasteiger partial charge in [0.25, 0.3) is 5.91 Å². The van der Waals surface area contributed by atoms with Gasteiger partial charge in [0.05, 0.1) is 29.3 Å². The standard InChI is InChI=1S/C28H27F3N4OS/c29-28(30,31)22-6-4-5-20(15-22)18-37-27-34-24-13-14-32-16-25(24)35(27)17-19-9-11-21(12-10-19)26(36)33-23-7-2-1-3-8-23/h4-6,9-16,23H,1-3,7-8,17-18H2,(H,33,36). The van der Waals surface area contributed by atoms with E-state index < -0.39 is 11.7 Å². The fourth-order valence-electron chi connectivity index (χ4n) is 4.66. The lowest BCUT2D eigenvalue weighted by Gasteiger charge is -2.22. The molecule has 0 bridgehead atoms. The van der Waals surface area contributed by atoms with Crippen LogP contribution in [0.2, 0.25) is 0 Å². The molecule has 0 spiro atoms. The Balaban J connectivity index is 1.32. The van der Waals surface area contributed by atoms with Crippen LogP contribution in [0.25, 0.3) is 11.0 Å². The molecule has 1 fully saturated rings. The van der Waals surface area contributed by atoms with Gasteiger partial charge in [-0.3, -0.25) is 9.78 Å². The smallest absolute Gasteiger partial charge is 0.349 e. The molecular weight excluding hydrogens is 497 g/mol. The summed E-state index contributed by atoms with van der Waals surface area (Å²) in [6.45, 7) is 0.498. The summed E-state index contributed by atoms with van der Waals surface area (Å²) < 4.78 is 41.4. The highest BCUT2D eigenvalue weighted by atomic mass is 32.2. The van der Waals surface area contributed by atoms with Crippen molar-refractivity contribution in [3.05, 3.63) is 89.2 Å². The van der Waals surface area contributed by atoms with Crippen molar-refractivity contribution in [1.29, 1.82) is 0 Å². The molecule has 1 amide bonds. The molecule has 1 N–H and O–H groups in total. The molecule has 5 rings (SSSR count). The molecule has 2 aromatic carbocycles. The van der Waals surface area contributed by atoms with Crippen molar-refractivity contribution in [2.24, 2.45) is 0 Å². The van der Waals surface area contributed by atoms with Crippen LogP contribution in [0.15, 0.2) is 72.1 Å². The van der Waals surface area contributed by atoms with Gasteiger partial charge in [0.2, 0.25) is 0 Å². The second-order valence-electron chi connectivity index (χ2n) is 9.34. The highest BCUT2D eigenvalue weighted by Crippen LogP contribution is 2.32. The van der Waals surface area contributed by atoms with Crippen LogP contribution in [0.1, 0.15) is 59.2 Å². The molecule has 5 nitrogen and oxygen atoms in total. The number of nitrogens with one attached hydrogen (secondary N) is 1. The monoisotopic (exact) mass is 524 g/mol. The number of imidazole rings is 1. The van der Waals surface area contributed by atoms with Crippen LogP contribution in [0.5, 0.6) is 0 Å². The molecule has 1 saturated carbocycles. The Kier molecular flexibility index (Phi) is 7.50. The van der Waals surface area contributed by atoms with Crippen LogP contribution in [-0.4, -0.2) is 26.5 Å². The number of alkyl halides is 3. The summed E-state index contributed by atoms with van der Waals surface area (Å²) in [6, 6.07) is 15.0. The van der Waals surface area contributed by atoms with E-state index in [-0.39, 0.29) is 11.9 Å². The summed E-state index contributed by atoms with van der Waals surface area (Å²) in [7, 11) is 0. The molecule has 0 saturated heterocycles. The highest BCUT2D eigenvalue weighted by molar-refractivity contribution is 7.98. The summed E-state index contributed by atoms with van der Waals surface area (Å²) in [5, 5.41) is 3.84. The van der Waals surface area contributed by atoms with Crippen molar-refractivity contribution in [3.8, 4) is 0 Å². The average molecular weight is 525 g/mol. The van der Waals surface area contributed by atoms with E-state index in [9.17, 15) is 18.0 Å². The largest absolute Gasteiger partial charge is 0.416 e. The summed E-state index contributed by atoms with van der Waals surface area (Å²) in [4.78, 5) is 21.6. The number of carbonyl (C=O) groups excluding carboxylic acids is 1. The molecule has 0 radical (unpaired) electrons. The van der Waals surface area contributed by atoms with Gasteiger partial charge in [0.1, 0.15) is 0 Å². The van der Waals surface area contributed by atoms with E-state index in [0.717, 1.165) is 48.3 Å². The van der Waals surface area contributed by atoms with Gasteiger partial charge in [-0.25, -0.2) is 4.98 Å². The van der Waals surface area contributed by atoms with Crippen LogP contribution < -0.4 is 5.32 Å². The molecule has 1 aliphatic rings. The number of nitrogens with zero attached hydrogens (tertiary/aromatic N) is 3. The lowest BCUT2D eigenvalue weighted by molar-refractivity contribution is -0.137. The molecule has 37 heavy (non-hydrogen) atoms. The number of carbonyl (C=O) groups is 1. The van der Waals surface area contributed by atoms with Crippen molar-refractivity contribution in [2.75, 3.05) is 0 Å². The van der Waals surface area contributed by atoms with Gasteiger partial charge in [0.15, 0.2) is 5.16 Å². The lowest BCUT2D eigenvalue weighted by Crippen LogP contribution is -2.36. The Morgan fingerprint density at radius 2 is 1.81 bits per heavy atom. The van der Waals surface area contributed by atoms with E-state index in [1.165, 1.54) is 30.3 Å². The first-order chi connectivity index (χ1) is 17.9. The van der Waals surface area contributed by atoms with Gasteiger partial charge in [-0.05, 0) is 48.2 Å². The number of pyridine rings is 1. The molecular formula is C28H27F3N4OS. The Labute approximate surface area is 217 Å². The van der Waals surface area contributed by atoms with Gasteiger partial charge in [-0.2, -0.15) is 13.2 Å². The molecule has 2 heterocycles. The molecule has 4 aromatic rings. The minimum atomic E-state index is -4.38. The van der Waals surface area contributed by atoms with E-state index in [1.807, 2.05) is 34.9 Å². The molecule has 192 valence electrons. The summed E-state index contributed by atoms with van der Waals surface area (Å²) in [6.07, 6.45) is 4.65. The molecule has 0 unspecified atom stereocenters. The van der Waals surface area contributed by atoms with Crippen LogP contribution in [0.3, 0.4) is 0 Å². The van der Waals surface area contributed by atoms with Gasteiger partial charge in [-0.15, -0.1) is 0 Å². The Bertz CT molecular complexity index is 1380. The molecule has 9 heteroatoms. The third kappa shape index (κ3) is 6.15. The highest BCUT2D eigenvalue weighted by Gasteiger charge is 2.30. The molecule has 0 atom stereocenters. The maximum atomic E-state index is 13.1. The number of thioether (sulfide) groups is 1. The maximum Gasteiger partial charge on any atom is 0.416 e. The summed E-state index contributed by atoms with van der Waals surface area (Å²) in [5.74, 6) is 0.300. The number of fused-ring (bicyclic) bond motifs is 1. The summed E-state index contributed by atoms with van der Waals surface area (Å²) >= 11 is 1.38. The first-order valence-electron chi connectivity index (χ1n) is 12.4. The first kappa shape index (κ1) is 25.3. The topological polar surface area (TPSA) is 59.8 Å². The molecule has 2 aromatic heterocycles. The van der Waals surface area contributed by atoms with Crippen molar-refractivity contribution in [1.82, 2.24) is 19.9 Å². The van der Waals surface area contributed by atoms with E-state index in [1.54, 1.807) is 18.5 Å². The fourth-order valence-corrected chi connectivity index (χ4v) is 5.61. The van der Waals surface area contributed by atoms with E-state index in [0.29, 0.717) is 28.6 Å². The SMILES string of the molecule is O=C(NC1CCCCC1)c1ccc(Cn2c(SCc3cccc(C(F)(F)F)c3)nc3ccncc32)cc1. The number of hydrogen-bond acceptors (Lipinski definition) is 4. The third-order valence-corrected chi connectivity index (χ3v) is 7.68. The number of amides is 1. The maximum absolute atomic E-state index is 13.1. The second-order valence-corrected chi connectivity index (χ2v) is 10.3. The molecule has 1 aliphatic carbocycles. The van der Waals surface area contributed by atoms with Crippen molar-refractivity contribution in [3.63, 3.8) is 0 Å². The van der Waals surface area contributed by atoms with Crippen molar-refractivity contribution in [2.45, 2.75) is 61.8 Å². The summed E-state index contributed by atoms with van der Waals surface area (Å²) in [5.41, 5.74) is 3.14. The van der Waals surface area contributed by atoms with Crippen molar-refractivity contribution < 1.29 is 18.0 Å². The quantitative estimate of drug-likeness (QED) is 0.269. The van der Waals surface area contributed by atoms with Crippen LogP contribution in [0.4, 0.5) is 13.2 Å². The number of benzene rings is 2. The minimum absolute atomic E-state index is 0.0481. The van der Waals surface area contributed by atoms with E-state index >= 15 is 0 Å². The zero-order valence-corrected chi connectivity index (χ0v) is 21.0. The van der Waals surface area contributed by atoms with Gasteiger partial charge in [0, 0.05) is 23.6 Å². The predicted molar refractivity (Wildman–Crippen MR) is 138 cm³/mol. The second kappa shape index (κ2) is 11.0. The normalized spacial score (nSPS) is 14.7. The van der Waals surface area contributed by atoms with E-state index in [4.69, 9.17) is 4.98 Å². The Morgan fingerprint density at radius 1 is 1.03 bits per heavy atom. The van der Waals surface area contributed by atoms with Gasteiger partial charge >= 0.3 is 6.18 Å². The van der Waals surface area contributed by atoms with Crippen LogP contribution in [0, 0.1) is 0 Å². The van der Waals surface area contributed by atoms with Crippen molar-refractivity contribution >= 4 is 28.7 Å². The Hall–Kier alpha value is -3.33. The number of aromatic nitrogens is 3. The molecule has 0 aliphatic heterocycles. The third-order valence-electron chi connectivity index (χ3n) is 6.63. The Morgan fingerprint density at radius 3 is 2.57 bits per heavy atom. The van der Waals surface area contributed by atoms with Gasteiger partial charge in [-0.1, -0.05) is 61.4 Å².